The predicted octanol–water partition coefficient (Wildman–Crippen LogP) is 1.40. The Morgan fingerprint density at radius 3 is 3.11 bits per heavy atom. The van der Waals surface area contributed by atoms with E-state index in [2.05, 4.69) is 15.3 Å². The number of nitrogens with one attached hydrogen (secondary N) is 1. The molecule has 0 bridgehead atoms. The van der Waals surface area contributed by atoms with Crippen molar-refractivity contribution in [1.82, 2.24) is 9.97 Å². The van der Waals surface area contributed by atoms with Crippen LogP contribution in [0, 0.1) is 0 Å². The van der Waals surface area contributed by atoms with Gasteiger partial charge in [0.25, 0.3) is 0 Å². The smallest absolute Gasteiger partial charge is 0.231 e. The van der Waals surface area contributed by atoms with Gasteiger partial charge in [-0.25, -0.2) is 4.98 Å². The summed E-state index contributed by atoms with van der Waals surface area (Å²) < 4.78 is 10.7. The molecule has 0 radical (unpaired) electrons. The fourth-order valence-corrected chi connectivity index (χ4v) is 1.76. The number of anilines is 2. The molecule has 0 spiro atoms. The normalized spacial score (nSPS) is 12.4. The fourth-order valence-electron chi connectivity index (χ4n) is 1.76. The van der Waals surface area contributed by atoms with Crippen LogP contribution in [0.1, 0.15) is 5.56 Å². The molecule has 0 atom stereocenters. The van der Waals surface area contributed by atoms with E-state index >= 15 is 0 Å². The summed E-state index contributed by atoms with van der Waals surface area (Å²) in [5.74, 6) is 2.47. The second-order valence-electron chi connectivity index (χ2n) is 3.81. The molecular weight excluding hydrogens is 232 g/mol. The molecule has 1 aromatic carbocycles. The Morgan fingerprint density at radius 2 is 2.22 bits per heavy atom. The van der Waals surface area contributed by atoms with Crippen LogP contribution in [0.5, 0.6) is 11.5 Å². The first-order valence-electron chi connectivity index (χ1n) is 5.53. The highest BCUT2D eigenvalue weighted by atomic mass is 16.7. The SMILES string of the molecule is Nc1ccnc(NCc2cccc3c2OCO3)n1. The van der Waals surface area contributed by atoms with E-state index in [1.165, 1.54) is 0 Å². The van der Waals surface area contributed by atoms with Crippen LogP contribution in [0.2, 0.25) is 0 Å². The standard InChI is InChI=1S/C12H12N4O2/c13-10-4-5-14-12(16-10)15-6-8-2-1-3-9-11(8)18-7-17-9/h1-5H,6-7H2,(H3,13,14,15,16). The number of benzene rings is 1. The summed E-state index contributed by atoms with van der Waals surface area (Å²) >= 11 is 0. The molecule has 0 aliphatic carbocycles. The Balaban J connectivity index is 1.76. The molecule has 0 saturated carbocycles. The molecule has 6 nitrogen and oxygen atoms in total. The molecular formula is C12H12N4O2. The maximum Gasteiger partial charge on any atom is 0.231 e. The lowest BCUT2D eigenvalue weighted by molar-refractivity contribution is 0.173. The molecule has 2 heterocycles. The molecule has 0 unspecified atom stereocenters. The summed E-state index contributed by atoms with van der Waals surface area (Å²) in [4.78, 5) is 8.14. The van der Waals surface area contributed by atoms with E-state index in [1.807, 2.05) is 18.2 Å². The van der Waals surface area contributed by atoms with Crippen molar-refractivity contribution in [3.8, 4) is 11.5 Å². The predicted molar refractivity (Wildman–Crippen MR) is 66.3 cm³/mol. The first-order chi connectivity index (χ1) is 8.83. The molecule has 0 fully saturated rings. The van der Waals surface area contributed by atoms with Gasteiger partial charge in [-0.3, -0.25) is 0 Å². The van der Waals surface area contributed by atoms with Crippen molar-refractivity contribution in [2.75, 3.05) is 17.8 Å². The van der Waals surface area contributed by atoms with Crippen LogP contribution in [0.25, 0.3) is 0 Å². The van der Waals surface area contributed by atoms with Gasteiger partial charge >= 0.3 is 0 Å². The van der Waals surface area contributed by atoms with Gasteiger partial charge in [-0.1, -0.05) is 12.1 Å². The second-order valence-corrected chi connectivity index (χ2v) is 3.81. The zero-order valence-electron chi connectivity index (χ0n) is 9.59. The summed E-state index contributed by atoms with van der Waals surface area (Å²) in [6.45, 7) is 0.817. The number of ether oxygens (including phenoxy) is 2. The molecule has 1 aromatic heterocycles. The van der Waals surface area contributed by atoms with E-state index in [4.69, 9.17) is 15.2 Å². The summed E-state index contributed by atoms with van der Waals surface area (Å²) in [6.07, 6.45) is 1.61. The maximum absolute atomic E-state index is 5.58. The third-order valence-electron chi connectivity index (χ3n) is 2.59. The topological polar surface area (TPSA) is 82.3 Å². The van der Waals surface area contributed by atoms with Crippen molar-refractivity contribution >= 4 is 11.8 Å². The minimum atomic E-state index is 0.265. The Kier molecular flexibility index (Phi) is 2.60. The third-order valence-corrected chi connectivity index (χ3v) is 2.59. The summed E-state index contributed by atoms with van der Waals surface area (Å²) in [5.41, 5.74) is 6.58. The van der Waals surface area contributed by atoms with E-state index in [1.54, 1.807) is 12.3 Å². The van der Waals surface area contributed by atoms with Crippen molar-refractivity contribution in [3.05, 3.63) is 36.0 Å². The van der Waals surface area contributed by atoms with Gasteiger partial charge in [0, 0.05) is 18.3 Å². The highest BCUT2D eigenvalue weighted by molar-refractivity contribution is 5.49. The average Bonchev–Trinajstić information content (AvgIpc) is 2.85. The van der Waals surface area contributed by atoms with Gasteiger partial charge in [0.2, 0.25) is 12.7 Å². The van der Waals surface area contributed by atoms with Crippen LogP contribution >= 0.6 is 0 Å². The van der Waals surface area contributed by atoms with E-state index < -0.39 is 0 Å². The highest BCUT2D eigenvalue weighted by Crippen LogP contribution is 2.35. The molecule has 6 heteroatoms. The number of para-hydroxylation sites is 1. The minimum Gasteiger partial charge on any atom is -0.454 e. The Labute approximate surface area is 104 Å². The number of hydrogen-bond donors (Lipinski definition) is 2. The number of nitrogen functional groups attached to an aromatic ring is 1. The van der Waals surface area contributed by atoms with Crippen molar-refractivity contribution in [1.29, 1.82) is 0 Å². The van der Waals surface area contributed by atoms with Gasteiger partial charge in [-0.2, -0.15) is 4.98 Å². The van der Waals surface area contributed by atoms with E-state index in [0.29, 0.717) is 18.3 Å². The number of aromatic nitrogens is 2. The van der Waals surface area contributed by atoms with Crippen LogP contribution in [0.4, 0.5) is 11.8 Å². The lowest BCUT2D eigenvalue weighted by Crippen LogP contribution is -2.05. The molecule has 18 heavy (non-hydrogen) atoms. The molecule has 1 aliphatic rings. The van der Waals surface area contributed by atoms with E-state index in [0.717, 1.165) is 17.1 Å². The number of hydrogen-bond acceptors (Lipinski definition) is 6. The third kappa shape index (κ3) is 2.00. The molecule has 92 valence electrons. The van der Waals surface area contributed by atoms with Crippen molar-refractivity contribution < 1.29 is 9.47 Å². The summed E-state index contributed by atoms with van der Waals surface area (Å²) in [6, 6.07) is 7.41. The molecule has 3 N–H and O–H groups in total. The van der Waals surface area contributed by atoms with Crippen molar-refractivity contribution in [2.45, 2.75) is 6.54 Å². The van der Waals surface area contributed by atoms with E-state index in [9.17, 15) is 0 Å². The Hall–Kier alpha value is -2.50. The number of fused-ring (bicyclic) bond motifs is 1. The van der Waals surface area contributed by atoms with Crippen LogP contribution < -0.4 is 20.5 Å². The van der Waals surface area contributed by atoms with Crippen LogP contribution in [0.3, 0.4) is 0 Å². The quantitative estimate of drug-likeness (QED) is 0.849. The molecule has 3 rings (SSSR count). The number of nitrogens with two attached hydrogens (primary N) is 1. The molecule has 1 aliphatic heterocycles. The molecule has 2 aromatic rings. The van der Waals surface area contributed by atoms with Crippen LogP contribution in [-0.4, -0.2) is 16.8 Å². The van der Waals surface area contributed by atoms with E-state index in [-0.39, 0.29) is 6.79 Å². The highest BCUT2D eigenvalue weighted by Gasteiger charge is 2.16. The minimum absolute atomic E-state index is 0.265. The fraction of sp³-hybridized carbons (Fsp3) is 0.167. The average molecular weight is 244 g/mol. The van der Waals surface area contributed by atoms with Gasteiger partial charge in [0.1, 0.15) is 5.82 Å². The van der Waals surface area contributed by atoms with Crippen molar-refractivity contribution in [3.63, 3.8) is 0 Å². The summed E-state index contributed by atoms with van der Waals surface area (Å²) in [5, 5.41) is 3.09. The molecule has 0 saturated heterocycles. The largest absolute Gasteiger partial charge is 0.454 e. The van der Waals surface area contributed by atoms with Gasteiger partial charge in [0.05, 0.1) is 0 Å². The van der Waals surface area contributed by atoms with Gasteiger partial charge in [-0.05, 0) is 12.1 Å². The lowest BCUT2D eigenvalue weighted by Gasteiger charge is -2.07. The Morgan fingerprint density at radius 1 is 1.28 bits per heavy atom. The number of nitrogens with zero attached hydrogens (tertiary/aromatic N) is 2. The van der Waals surface area contributed by atoms with Gasteiger partial charge in [-0.15, -0.1) is 0 Å². The van der Waals surface area contributed by atoms with Gasteiger partial charge < -0.3 is 20.5 Å². The maximum atomic E-state index is 5.58. The zero-order valence-corrected chi connectivity index (χ0v) is 9.59. The van der Waals surface area contributed by atoms with Crippen LogP contribution in [-0.2, 0) is 6.54 Å². The Bertz CT molecular complexity index is 574. The monoisotopic (exact) mass is 244 g/mol. The van der Waals surface area contributed by atoms with Crippen molar-refractivity contribution in [2.24, 2.45) is 0 Å². The summed E-state index contributed by atoms with van der Waals surface area (Å²) in [7, 11) is 0. The second kappa shape index (κ2) is 4.40. The first-order valence-corrected chi connectivity index (χ1v) is 5.53. The lowest BCUT2D eigenvalue weighted by atomic mass is 10.2. The molecule has 0 amide bonds. The van der Waals surface area contributed by atoms with Crippen LogP contribution in [0.15, 0.2) is 30.5 Å². The number of rotatable bonds is 3. The van der Waals surface area contributed by atoms with Gasteiger partial charge in [0.15, 0.2) is 11.5 Å². The zero-order chi connectivity index (χ0) is 12.4. The first kappa shape index (κ1) is 10.6.